The van der Waals surface area contributed by atoms with Gasteiger partial charge in [-0.15, -0.1) is 11.3 Å². The van der Waals surface area contributed by atoms with Crippen LogP contribution in [0.5, 0.6) is 0 Å². The summed E-state index contributed by atoms with van der Waals surface area (Å²) in [7, 11) is 0. The molecule has 1 aliphatic rings. The molecule has 0 aliphatic heterocycles. The van der Waals surface area contributed by atoms with E-state index < -0.39 is 18.1 Å². The van der Waals surface area contributed by atoms with Gasteiger partial charge < -0.3 is 15.5 Å². The Kier molecular flexibility index (Phi) is 4.33. The van der Waals surface area contributed by atoms with Crippen LogP contribution in [0.3, 0.4) is 0 Å². The number of fused-ring (bicyclic) bond motifs is 1. The zero-order valence-corrected chi connectivity index (χ0v) is 11.0. The fourth-order valence-electron chi connectivity index (χ4n) is 1.83. The zero-order chi connectivity index (χ0) is 13.8. The van der Waals surface area contributed by atoms with E-state index in [1.807, 2.05) is 0 Å². The van der Waals surface area contributed by atoms with E-state index in [0.717, 1.165) is 25.0 Å². The van der Waals surface area contributed by atoms with E-state index in [1.165, 1.54) is 16.2 Å². The Balaban J connectivity index is 1.73. The summed E-state index contributed by atoms with van der Waals surface area (Å²) in [6.07, 6.45) is 1.61. The Hall–Kier alpha value is -1.67. The average Bonchev–Trinajstić information content (AvgIpc) is 2.89. The Morgan fingerprint density at radius 3 is 2.89 bits per heavy atom. The molecule has 19 heavy (non-hydrogen) atoms. The van der Waals surface area contributed by atoms with Crippen molar-refractivity contribution in [2.45, 2.75) is 31.8 Å². The van der Waals surface area contributed by atoms with E-state index in [-0.39, 0.29) is 13.0 Å². The first-order valence-corrected chi connectivity index (χ1v) is 6.82. The number of aliphatic hydroxyl groups is 1. The minimum atomic E-state index is -1.45. The van der Waals surface area contributed by atoms with E-state index in [9.17, 15) is 9.59 Å². The molecule has 1 aromatic rings. The lowest BCUT2D eigenvalue weighted by Crippen LogP contribution is -2.33. The number of carboxylic acids is 1. The summed E-state index contributed by atoms with van der Waals surface area (Å²) in [5, 5.41) is 23.1. The summed E-state index contributed by atoms with van der Waals surface area (Å²) >= 11 is 1.47. The van der Waals surface area contributed by atoms with E-state index in [4.69, 9.17) is 10.2 Å². The average molecular weight is 285 g/mol. The van der Waals surface area contributed by atoms with Crippen LogP contribution in [0.1, 0.15) is 23.4 Å². The van der Waals surface area contributed by atoms with Crippen LogP contribution in [0.2, 0.25) is 0 Å². The molecule has 0 aromatic carbocycles. The molecule has 8 heteroatoms. The lowest BCUT2D eigenvalue weighted by Gasteiger charge is -2.07. The van der Waals surface area contributed by atoms with Gasteiger partial charge in [-0.25, -0.2) is 14.6 Å². The van der Waals surface area contributed by atoms with Gasteiger partial charge in [0, 0.05) is 17.8 Å². The van der Waals surface area contributed by atoms with Gasteiger partial charge in [0.05, 0.1) is 5.69 Å². The maximum Gasteiger partial charge on any atom is 0.332 e. The van der Waals surface area contributed by atoms with Gasteiger partial charge in [0.2, 0.25) is 0 Å². The summed E-state index contributed by atoms with van der Waals surface area (Å²) in [5.74, 6) is -1.29. The van der Waals surface area contributed by atoms with Crippen LogP contribution in [0.4, 0.5) is 9.93 Å². The van der Waals surface area contributed by atoms with Gasteiger partial charge in [-0.3, -0.25) is 5.32 Å². The first kappa shape index (κ1) is 13.8. The molecule has 0 spiro atoms. The maximum absolute atomic E-state index is 11.5. The highest BCUT2D eigenvalue weighted by Gasteiger charge is 2.18. The molecule has 4 N–H and O–H groups in total. The van der Waals surface area contributed by atoms with Crippen molar-refractivity contribution in [2.24, 2.45) is 0 Å². The number of anilines is 1. The molecule has 2 rings (SSSR count). The lowest BCUT2D eigenvalue weighted by atomic mass is 10.2. The predicted molar refractivity (Wildman–Crippen MR) is 69.4 cm³/mol. The molecular formula is C11H15N3O4S. The van der Waals surface area contributed by atoms with Crippen molar-refractivity contribution < 1.29 is 19.8 Å². The van der Waals surface area contributed by atoms with Crippen molar-refractivity contribution in [3.63, 3.8) is 0 Å². The number of aromatic nitrogens is 1. The number of carbonyl (C=O) groups excluding carboxylic acids is 1. The molecule has 7 nitrogen and oxygen atoms in total. The summed E-state index contributed by atoms with van der Waals surface area (Å²) < 4.78 is 0. The van der Waals surface area contributed by atoms with E-state index in [2.05, 4.69) is 15.6 Å². The maximum atomic E-state index is 11.5. The SMILES string of the molecule is O=C(NCCC(O)C(=O)O)Nc1nc2c(s1)CCC2. The monoisotopic (exact) mass is 285 g/mol. The third kappa shape index (κ3) is 3.65. The fraction of sp³-hybridized carbons (Fsp3) is 0.545. The first-order chi connectivity index (χ1) is 9.06. The van der Waals surface area contributed by atoms with Crippen LogP contribution < -0.4 is 10.6 Å². The molecule has 0 radical (unpaired) electrons. The topological polar surface area (TPSA) is 112 Å². The third-order valence-corrected chi connectivity index (χ3v) is 3.88. The van der Waals surface area contributed by atoms with Crippen molar-refractivity contribution in [3.05, 3.63) is 10.6 Å². The lowest BCUT2D eigenvalue weighted by molar-refractivity contribution is -0.146. The number of urea groups is 1. The van der Waals surface area contributed by atoms with Crippen molar-refractivity contribution in [2.75, 3.05) is 11.9 Å². The van der Waals surface area contributed by atoms with Crippen LogP contribution in [-0.2, 0) is 17.6 Å². The van der Waals surface area contributed by atoms with Crippen molar-refractivity contribution in [1.29, 1.82) is 0 Å². The Labute approximate surface area is 113 Å². The molecule has 0 bridgehead atoms. The minimum Gasteiger partial charge on any atom is -0.479 e. The summed E-state index contributed by atoms with van der Waals surface area (Å²) in [6, 6.07) is -0.440. The van der Waals surface area contributed by atoms with Crippen molar-refractivity contribution in [1.82, 2.24) is 10.3 Å². The second-order valence-electron chi connectivity index (χ2n) is 4.27. The molecule has 1 unspecified atom stereocenters. The molecule has 0 saturated heterocycles. The summed E-state index contributed by atoms with van der Waals surface area (Å²) in [6.45, 7) is 0.0877. The van der Waals surface area contributed by atoms with Crippen LogP contribution >= 0.6 is 11.3 Å². The number of hydrogen-bond acceptors (Lipinski definition) is 5. The smallest absolute Gasteiger partial charge is 0.332 e. The van der Waals surface area contributed by atoms with Crippen LogP contribution in [0.25, 0.3) is 0 Å². The number of nitrogens with zero attached hydrogens (tertiary/aromatic N) is 1. The first-order valence-electron chi connectivity index (χ1n) is 6.00. The van der Waals surface area contributed by atoms with Gasteiger partial charge in [-0.05, 0) is 19.3 Å². The molecule has 1 aromatic heterocycles. The number of nitrogens with one attached hydrogen (secondary N) is 2. The fourth-order valence-corrected chi connectivity index (χ4v) is 2.88. The number of hydrogen-bond donors (Lipinski definition) is 4. The number of thiazole rings is 1. The van der Waals surface area contributed by atoms with E-state index >= 15 is 0 Å². The zero-order valence-electron chi connectivity index (χ0n) is 10.2. The predicted octanol–water partition coefficient (Wildman–Crippen LogP) is 0.589. The summed E-state index contributed by atoms with van der Waals surface area (Å²) in [4.78, 5) is 27.4. The number of amides is 2. The summed E-state index contributed by atoms with van der Waals surface area (Å²) in [5.41, 5.74) is 1.06. The standard InChI is InChI=1S/C11H15N3O4S/c15-7(9(16)17)4-5-12-10(18)14-11-13-6-2-1-3-8(6)19-11/h7,15H,1-5H2,(H,16,17)(H2,12,13,14,18). The molecule has 104 valence electrons. The number of aryl methyl sites for hydroxylation is 2. The third-order valence-electron chi connectivity index (χ3n) is 2.80. The van der Waals surface area contributed by atoms with Crippen molar-refractivity contribution in [3.8, 4) is 0 Å². The molecule has 1 heterocycles. The van der Waals surface area contributed by atoms with Crippen LogP contribution in [-0.4, -0.2) is 39.8 Å². The molecule has 0 fully saturated rings. The van der Waals surface area contributed by atoms with Crippen molar-refractivity contribution >= 4 is 28.5 Å². The van der Waals surface area contributed by atoms with Gasteiger partial charge in [0.1, 0.15) is 0 Å². The Morgan fingerprint density at radius 1 is 1.42 bits per heavy atom. The number of aliphatic hydroxyl groups excluding tert-OH is 1. The largest absolute Gasteiger partial charge is 0.479 e. The molecule has 0 saturated carbocycles. The second kappa shape index (κ2) is 5.98. The quantitative estimate of drug-likeness (QED) is 0.632. The van der Waals surface area contributed by atoms with Crippen LogP contribution in [0, 0.1) is 0 Å². The highest BCUT2D eigenvalue weighted by atomic mass is 32.1. The normalized spacial score (nSPS) is 14.8. The Bertz CT molecular complexity index is 467. The second-order valence-corrected chi connectivity index (χ2v) is 5.35. The number of aliphatic carboxylic acids is 1. The van der Waals surface area contributed by atoms with Gasteiger partial charge in [-0.2, -0.15) is 0 Å². The highest BCUT2D eigenvalue weighted by Crippen LogP contribution is 2.30. The molecule has 2 amide bonds. The minimum absolute atomic E-state index is 0.0306. The van der Waals surface area contributed by atoms with E-state index in [1.54, 1.807) is 0 Å². The van der Waals surface area contributed by atoms with Crippen LogP contribution in [0.15, 0.2) is 0 Å². The number of carbonyl (C=O) groups is 2. The number of rotatable bonds is 5. The van der Waals surface area contributed by atoms with E-state index in [0.29, 0.717) is 5.13 Å². The van der Waals surface area contributed by atoms with Gasteiger partial charge in [0.15, 0.2) is 11.2 Å². The van der Waals surface area contributed by atoms with Gasteiger partial charge in [-0.1, -0.05) is 0 Å². The molecular weight excluding hydrogens is 270 g/mol. The highest BCUT2D eigenvalue weighted by molar-refractivity contribution is 7.15. The van der Waals surface area contributed by atoms with Gasteiger partial charge in [0.25, 0.3) is 0 Å². The van der Waals surface area contributed by atoms with Gasteiger partial charge >= 0.3 is 12.0 Å². The Morgan fingerprint density at radius 2 is 2.21 bits per heavy atom. The number of carboxylic acid groups (broad SMARTS) is 1. The molecule has 1 aliphatic carbocycles. The molecule has 1 atom stereocenters.